The van der Waals surface area contributed by atoms with Gasteiger partial charge in [0.2, 0.25) is 5.76 Å². The maximum atomic E-state index is 13.5. The number of alkyl halides is 3. The van der Waals surface area contributed by atoms with Gasteiger partial charge in [-0.05, 0) is 47.0 Å². The summed E-state index contributed by atoms with van der Waals surface area (Å²) in [5.74, 6) is -1.55. The van der Waals surface area contributed by atoms with E-state index in [2.05, 4.69) is 4.74 Å². The Labute approximate surface area is 195 Å². The van der Waals surface area contributed by atoms with E-state index in [1.54, 1.807) is 0 Å². The lowest BCUT2D eigenvalue weighted by Gasteiger charge is -2.15. The topological polar surface area (TPSA) is 65.0 Å². The largest absolute Gasteiger partial charge is 0.493 e. The van der Waals surface area contributed by atoms with Gasteiger partial charge in [-0.15, -0.1) is 0 Å². The summed E-state index contributed by atoms with van der Waals surface area (Å²) in [6.07, 6.45) is -3.29. The Morgan fingerprint density at radius 3 is 2.18 bits per heavy atom. The maximum Gasteiger partial charge on any atom is 0.419 e. The quantitative estimate of drug-likeness (QED) is 0.213. The first-order valence-electron chi connectivity index (χ1n) is 10.4. The molecule has 0 unspecified atom stereocenters. The number of ether oxygens (including phenoxy) is 3. The molecule has 3 rings (SSSR count). The van der Waals surface area contributed by atoms with Crippen molar-refractivity contribution in [1.29, 1.82) is 0 Å². The first kappa shape index (κ1) is 24.7. The number of carboxylic acids is 1. The molecule has 0 aromatic heterocycles. The zero-order chi connectivity index (χ0) is 24.6. The highest BCUT2D eigenvalue weighted by Crippen LogP contribution is 2.37. The van der Waals surface area contributed by atoms with Crippen molar-refractivity contribution >= 4 is 12.0 Å². The lowest BCUT2D eigenvalue weighted by molar-refractivity contribution is -0.139. The van der Waals surface area contributed by atoms with E-state index in [0.717, 1.165) is 36.4 Å². The summed E-state index contributed by atoms with van der Waals surface area (Å²) in [6, 6.07) is 20.7. The zero-order valence-electron chi connectivity index (χ0n) is 18.3. The molecule has 0 aliphatic carbocycles. The number of carboxylic acid groups (broad SMARTS) is 1. The second kappa shape index (κ2) is 11.3. The summed E-state index contributed by atoms with van der Waals surface area (Å²) in [7, 11) is 1.13. The van der Waals surface area contributed by atoms with Gasteiger partial charge in [0.05, 0.1) is 25.9 Å². The number of carbonyl (C=O) groups is 1. The standard InChI is InChI=1S/C26H23F3O5/c1-32-24(25(30)31)17-18-8-13-23(22(16-18)26(27,28)29)34-15-5-14-33-21-11-9-20(10-12-21)19-6-3-2-4-7-19/h2-4,6-13,16-17H,5,14-15H2,1H3,(H,30,31)/b24-17-. The van der Waals surface area contributed by atoms with Gasteiger partial charge < -0.3 is 19.3 Å². The first-order chi connectivity index (χ1) is 16.3. The van der Waals surface area contributed by atoms with Crippen LogP contribution in [0.2, 0.25) is 0 Å². The number of benzene rings is 3. The zero-order valence-corrected chi connectivity index (χ0v) is 18.3. The van der Waals surface area contributed by atoms with Crippen molar-refractivity contribution in [1.82, 2.24) is 0 Å². The summed E-state index contributed by atoms with van der Waals surface area (Å²) in [6.45, 7) is 0.279. The Bertz CT molecular complexity index is 1120. The van der Waals surface area contributed by atoms with Gasteiger partial charge in [0.15, 0.2) is 0 Å². The third kappa shape index (κ3) is 6.78. The molecular weight excluding hydrogens is 449 g/mol. The van der Waals surface area contributed by atoms with Gasteiger partial charge in [-0.3, -0.25) is 0 Å². The Balaban J connectivity index is 1.56. The molecular formula is C26H23F3O5. The van der Waals surface area contributed by atoms with Crippen LogP contribution in [0.25, 0.3) is 17.2 Å². The van der Waals surface area contributed by atoms with E-state index in [0.29, 0.717) is 12.2 Å². The van der Waals surface area contributed by atoms with Gasteiger partial charge in [0, 0.05) is 6.42 Å². The van der Waals surface area contributed by atoms with Crippen LogP contribution < -0.4 is 9.47 Å². The highest BCUT2D eigenvalue weighted by Gasteiger charge is 2.34. The molecule has 0 fully saturated rings. The molecule has 1 N–H and O–H groups in total. The highest BCUT2D eigenvalue weighted by atomic mass is 19.4. The minimum Gasteiger partial charge on any atom is -0.493 e. The molecule has 0 heterocycles. The Hall–Kier alpha value is -3.94. The Morgan fingerprint density at radius 2 is 1.56 bits per heavy atom. The molecule has 34 heavy (non-hydrogen) atoms. The summed E-state index contributed by atoms with van der Waals surface area (Å²) >= 11 is 0. The lowest BCUT2D eigenvalue weighted by atomic mass is 10.1. The van der Waals surface area contributed by atoms with Crippen LogP contribution in [0.15, 0.2) is 78.6 Å². The second-order valence-corrected chi connectivity index (χ2v) is 7.21. The Morgan fingerprint density at radius 1 is 0.912 bits per heavy atom. The number of rotatable bonds is 10. The predicted octanol–water partition coefficient (Wildman–Crippen LogP) is 6.29. The van der Waals surface area contributed by atoms with E-state index in [9.17, 15) is 18.0 Å². The average molecular weight is 472 g/mol. The van der Waals surface area contributed by atoms with E-state index < -0.39 is 23.5 Å². The van der Waals surface area contributed by atoms with Crippen LogP contribution in [0.3, 0.4) is 0 Å². The molecule has 0 atom stereocenters. The third-order valence-electron chi connectivity index (χ3n) is 4.81. The van der Waals surface area contributed by atoms with E-state index in [-0.39, 0.29) is 24.5 Å². The van der Waals surface area contributed by atoms with Crippen molar-refractivity contribution in [2.75, 3.05) is 20.3 Å². The normalized spacial score (nSPS) is 11.7. The summed E-state index contributed by atoms with van der Waals surface area (Å²) in [5.41, 5.74) is 1.17. The molecule has 0 bridgehead atoms. The molecule has 5 nitrogen and oxygen atoms in total. The van der Waals surface area contributed by atoms with Crippen molar-refractivity contribution in [2.45, 2.75) is 12.6 Å². The molecule has 0 radical (unpaired) electrons. The molecule has 0 saturated carbocycles. The van der Waals surface area contributed by atoms with Crippen LogP contribution in [0, 0.1) is 0 Å². The maximum absolute atomic E-state index is 13.5. The lowest BCUT2D eigenvalue weighted by Crippen LogP contribution is -2.11. The minimum absolute atomic E-state index is 0.0127. The fraction of sp³-hybridized carbons (Fsp3) is 0.192. The van der Waals surface area contributed by atoms with Gasteiger partial charge in [0.25, 0.3) is 0 Å². The van der Waals surface area contributed by atoms with Crippen LogP contribution in [0.4, 0.5) is 13.2 Å². The highest BCUT2D eigenvalue weighted by molar-refractivity contribution is 5.89. The van der Waals surface area contributed by atoms with Gasteiger partial charge in [-0.1, -0.05) is 48.5 Å². The number of methoxy groups -OCH3 is 1. The summed E-state index contributed by atoms with van der Waals surface area (Å²) in [4.78, 5) is 11.0. The number of aliphatic carboxylic acids is 1. The van der Waals surface area contributed by atoms with Gasteiger partial charge in [0.1, 0.15) is 11.5 Å². The smallest absolute Gasteiger partial charge is 0.419 e. The number of halogens is 3. The monoisotopic (exact) mass is 472 g/mol. The van der Waals surface area contributed by atoms with E-state index in [1.807, 2.05) is 54.6 Å². The molecule has 0 saturated heterocycles. The first-order valence-corrected chi connectivity index (χ1v) is 10.4. The number of hydrogen-bond acceptors (Lipinski definition) is 4. The van der Waals surface area contributed by atoms with E-state index >= 15 is 0 Å². The van der Waals surface area contributed by atoms with Gasteiger partial charge in [-0.2, -0.15) is 13.2 Å². The second-order valence-electron chi connectivity index (χ2n) is 7.21. The summed E-state index contributed by atoms with van der Waals surface area (Å²) in [5, 5.41) is 8.98. The van der Waals surface area contributed by atoms with Crippen LogP contribution in [0.5, 0.6) is 11.5 Å². The van der Waals surface area contributed by atoms with Crippen molar-refractivity contribution in [3.05, 3.63) is 89.7 Å². The molecule has 0 spiro atoms. The van der Waals surface area contributed by atoms with E-state index in [4.69, 9.17) is 14.6 Å². The van der Waals surface area contributed by atoms with Crippen LogP contribution in [-0.2, 0) is 15.7 Å². The van der Waals surface area contributed by atoms with E-state index in [1.165, 1.54) is 6.07 Å². The van der Waals surface area contributed by atoms with Crippen molar-refractivity contribution in [2.24, 2.45) is 0 Å². The molecule has 0 aliphatic heterocycles. The average Bonchev–Trinajstić information content (AvgIpc) is 2.83. The predicted molar refractivity (Wildman–Crippen MR) is 122 cm³/mol. The number of hydrogen-bond donors (Lipinski definition) is 1. The molecule has 0 aliphatic rings. The SMILES string of the molecule is CO/C(=C\c1ccc(OCCCOc2ccc(-c3ccccc3)cc2)c(C(F)(F)F)c1)C(=O)O. The Kier molecular flexibility index (Phi) is 8.19. The van der Waals surface area contributed by atoms with Gasteiger partial charge in [-0.25, -0.2) is 4.79 Å². The molecule has 8 heteroatoms. The van der Waals surface area contributed by atoms with Gasteiger partial charge >= 0.3 is 12.1 Å². The van der Waals surface area contributed by atoms with Crippen LogP contribution in [-0.4, -0.2) is 31.4 Å². The third-order valence-corrected chi connectivity index (χ3v) is 4.81. The fourth-order valence-corrected chi connectivity index (χ4v) is 3.15. The van der Waals surface area contributed by atoms with Crippen LogP contribution in [0.1, 0.15) is 17.5 Å². The van der Waals surface area contributed by atoms with Crippen molar-refractivity contribution in [3.8, 4) is 22.6 Å². The molecule has 3 aromatic rings. The molecule has 3 aromatic carbocycles. The minimum atomic E-state index is -4.67. The fourth-order valence-electron chi connectivity index (χ4n) is 3.15. The molecule has 0 amide bonds. The van der Waals surface area contributed by atoms with Crippen molar-refractivity contribution < 1.29 is 37.3 Å². The summed E-state index contributed by atoms with van der Waals surface area (Å²) < 4.78 is 56.1. The van der Waals surface area contributed by atoms with Crippen molar-refractivity contribution in [3.63, 3.8) is 0 Å². The van der Waals surface area contributed by atoms with Crippen LogP contribution >= 0.6 is 0 Å². The molecule has 178 valence electrons.